The Morgan fingerprint density at radius 3 is 2.85 bits per heavy atom. The van der Waals surface area contributed by atoms with E-state index in [1.54, 1.807) is 0 Å². The summed E-state index contributed by atoms with van der Waals surface area (Å²) in [6.45, 7) is 7.61. The number of carbonyl (C=O) groups excluding carboxylic acids is 1. The van der Waals surface area contributed by atoms with E-state index in [0.29, 0.717) is 26.1 Å². The van der Waals surface area contributed by atoms with Crippen molar-refractivity contribution in [2.45, 2.75) is 77.7 Å². The molecular weight excluding hydrogens is 338 g/mol. The van der Waals surface area contributed by atoms with Gasteiger partial charge in [-0.15, -0.1) is 0 Å². The number of rotatable bonds is 9. The number of unbranched alkanes of at least 4 members (excludes halogenated alkanes) is 2. The van der Waals surface area contributed by atoms with Crippen LogP contribution in [-0.4, -0.2) is 24.2 Å². The monoisotopic (exact) mass is 371 g/mol. The minimum Gasteiger partial charge on any atom is -0.466 e. The molecule has 1 aliphatic rings. The van der Waals surface area contributed by atoms with E-state index < -0.39 is 0 Å². The largest absolute Gasteiger partial charge is 0.466 e. The van der Waals surface area contributed by atoms with Gasteiger partial charge in [-0.25, -0.2) is 0 Å². The second kappa shape index (κ2) is 8.92. The van der Waals surface area contributed by atoms with E-state index in [-0.39, 0.29) is 11.6 Å². The van der Waals surface area contributed by atoms with E-state index in [2.05, 4.69) is 44.0 Å². The Morgan fingerprint density at radius 1 is 1.26 bits per heavy atom. The lowest BCUT2D eigenvalue weighted by molar-refractivity contribution is -0.147. The molecule has 3 rings (SSSR count). The van der Waals surface area contributed by atoms with Crippen molar-refractivity contribution in [1.82, 2.24) is 4.98 Å². The minimum atomic E-state index is -0.388. The van der Waals surface area contributed by atoms with Crippen LogP contribution < -0.4 is 0 Å². The number of hydrogen-bond acceptors (Lipinski definition) is 3. The number of benzene rings is 1. The van der Waals surface area contributed by atoms with Crippen LogP contribution >= 0.6 is 0 Å². The van der Waals surface area contributed by atoms with Crippen LogP contribution in [0, 0.1) is 0 Å². The molecule has 0 radical (unpaired) electrons. The predicted octanol–water partition coefficient (Wildman–Crippen LogP) is 5.42. The first-order chi connectivity index (χ1) is 13.1. The second-order valence-electron chi connectivity index (χ2n) is 7.55. The van der Waals surface area contributed by atoms with Crippen LogP contribution in [0.3, 0.4) is 0 Å². The van der Waals surface area contributed by atoms with Crippen LogP contribution in [0.15, 0.2) is 18.2 Å². The first-order valence-electron chi connectivity index (χ1n) is 10.6. The highest BCUT2D eigenvalue weighted by atomic mass is 16.5. The molecule has 1 atom stereocenters. The highest BCUT2D eigenvalue weighted by Gasteiger charge is 2.39. The Hall–Kier alpha value is -1.81. The van der Waals surface area contributed by atoms with Crippen molar-refractivity contribution in [3.05, 3.63) is 35.0 Å². The fraction of sp³-hybridized carbons (Fsp3) is 0.609. The SMILES string of the molecule is CCCCCC(=O)OCC[C@]1(CC)OCCc2c1[nH]c1c(CC)cccc21. The maximum Gasteiger partial charge on any atom is 0.305 e. The Balaban J connectivity index is 1.78. The van der Waals surface area contributed by atoms with Gasteiger partial charge in [0.05, 0.1) is 18.9 Å². The Labute approximate surface area is 162 Å². The molecule has 0 aliphatic carbocycles. The summed E-state index contributed by atoms with van der Waals surface area (Å²) in [7, 11) is 0. The summed E-state index contributed by atoms with van der Waals surface area (Å²) in [6, 6.07) is 6.55. The highest BCUT2D eigenvalue weighted by Crippen LogP contribution is 2.42. The molecule has 2 heterocycles. The van der Waals surface area contributed by atoms with Crippen LogP contribution in [0.25, 0.3) is 10.9 Å². The first-order valence-corrected chi connectivity index (χ1v) is 10.6. The van der Waals surface area contributed by atoms with E-state index in [9.17, 15) is 4.79 Å². The summed E-state index contributed by atoms with van der Waals surface area (Å²) in [5, 5.41) is 1.32. The summed E-state index contributed by atoms with van der Waals surface area (Å²) in [6.07, 6.45) is 7.12. The summed E-state index contributed by atoms with van der Waals surface area (Å²) in [5.41, 5.74) is 4.76. The lowest BCUT2D eigenvalue weighted by Gasteiger charge is -2.36. The number of para-hydroxylation sites is 1. The number of aryl methyl sites for hydroxylation is 1. The Morgan fingerprint density at radius 2 is 2.11 bits per heavy atom. The second-order valence-corrected chi connectivity index (χ2v) is 7.55. The van der Waals surface area contributed by atoms with Crippen LogP contribution in [0.2, 0.25) is 0 Å². The van der Waals surface area contributed by atoms with Gasteiger partial charge in [0.25, 0.3) is 0 Å². The highest BCUT2D eigenvalue weighted by molar-refractivity contribution is 5.88. The van der Waals surface area contributed by atoms with E-state index in [0.717, 1.165) is 38.5 Å². The molecule has 148 valence electrons. The molecule has 0 saturated heterocycles. The predicted molar refractivity (Wildman–Crippen MR) is 109 cm³/mol. The zero-order valence-electron chi connectivity index (χ0n) is 17.0. The van der Waals surface area contributed by atoms with Crippen molar-refractivity contribution in [3.63, 3.8) is 0 Å². The van der Waals surface area contributed by atoms with E-state index >= 15 is 0 Å². The van der Waals surface area contributed by atoms with Crippen molar-refractivity contribution < 1.29 is 14.3 Å². The third-order valence-electron chi connectivity index (χ3n) is 5.92. The zero-order chi connectivity index (χ0) is 19.3. The summed E-state index contributed by atoms with van der Waals surface area (Å²) in [4.78, 5) is 15.6. The maximum absolute atomic E-state index is 12.0. The van der Waals surface area contributed by atoms with Gasteiger partial charge in [0, 0.05) is 23.7 Å². The molecule has 0 bridgehead atoms. The van der Waals surface area contributed by atoms with Gasteiger partial charge >= 0.3 is 5.97 Å². The smallest absolute Gasteiger partial charge is 0.305 e. The third kappa shape index (κ3) is 4.06. The van der Waals surface area contributed by atoms with E-state index in [1.165, 1.54) is 27.7 Å². The van der Waals surface area contributed by atoms with Gasteiger partial charge in [0.2, 0.25) is 0 Å². The molecule has 0 saturated carbocycles. The summed E-state index contributed by atoms with van der Waals surface area (Å²) >= 11 is 0. The van der Waals surface area contributed by atoms with Crippen LogP contribution in [0.1, 0.15) is 76.1 Å². The summed E-state index contributed by atoms with van der Waals surface area (Å²) in [5.74, 6) is -0.0874. The number of aromatic amines is 1. The number of H-pyrrole nitrogens is 1. The van der Waals surface area contributed by atoms with Gasteiger partial charge in [0.1, 0.15) is 5.60 Å². The van der Waals surface area contributed by atoms with Crippen molar-refractivity contribution in [1.29, 1.82) is 0 Å². The fourth-order valence-corrected chi connectivity index (χ4v) is 4.27. The molecule has 1 N–H and O–H groups in total. The minimum absolute atomic E-state index is 0.0874. The quantitative estimate of drug-likeness (QED) is 0.473. The summed E-state index contributed by atoms with van der Waals surface area (Å²) < 4.78 is 11.8. The van der Waals surface area contributed by atoms with Gasteiger partial charge < -0.3 is 14.5 Å². The number of ether oxygens (including phenoxy) is 2. The van der Waals surface area contributed by atoms with Crippen LogP contribution in [-0.2, 0) is 32.7 Å². The fourth-order valence-electron chi connectivity index (χ4n) is 4.27. The number of carbonyl (C=O) groups is 1. The van der Waals surface area contributed by atoms with Gasteiger partial charge in [-0.2, -0.15) is 0 Å². The van der Waals surface area contributed by atoms with Crippen molar-refractivity contribution in [3.8, 4) is 0 Å². The molecule has 1 aromatic carbocycles. The Kier molecular flexibility index (Phi) is 6.59. The topological polar surface area (TPSA) is 51.3 Å². The number of aromatic nitrogens is 1. The van der Waals surface area contributed by atoms with Crippen molar-refractivity contribution in [2.75, 3.05) is 13.2 Å². The molecule has 4 heteroatoms. The molecular formula is C23H33NO3. The molecule has 27 heavy (non-hydrogen) atoms. The van der Waals surface area contributed by atoms with Gasteiger partial charge in [0.15, 0.2) is 0 Å². The number of hydrogen-bond donors (Lipinski definition) is 1. The lowest BCUT2D eigenvalue weighted by Crippen LogP contribution is -2.36. The van der Waals surface area contributed by atoms with E-state index in [1.807, 2.05) is 0 Å². The standard InChI is InChI=1S/C23H33NO3/c1-4-7-8-12-20(25)26-16-14-23(6-3)22-19(13-15-27-23)18-11-9-10-17(5-2)21(18)24-22/h9-11,24H,4-8,12-16H2,1-3H3/t23-/m0/s1. The molecule has 0 unspecified atom stereocenters. The van der Waals surface area contributed by atoms with Gasteiger partial charge in [-0.05, 0) is 36.8 Å². The molecule has 0 spiro atoms. The van der Waals surface area contributed by atoms with Crippen LogP contribution in [0.4, 0.5) is 0 Å². The lowest BCUT2D eigenvalue weighted by atomic mass is 9.86. The van der Waals surface area contributed by atoms with Gasteiger partial charge in [-0.1, -0.05) is 51.8 Å². The number of esters is 1. The third-order valence-corrected chi connectivity index (χ3v) is 5.92. The molecule has 4 nitrogen and oxygen atoms in total. The molecule has 2 aromatic rings. The molecule has 1 aliphatic heterocycles. The molecule has 0 amide bonds. The van der Waals surface area contributed by atoms with Crippen molar-refractivity contribution in [2.24, 2.45) is 0 Å². The first kappa shape index (κ1) is 19.9. The van der Waals surface area contributed by atoms with Crippen LogP contribution in [0.5, 0.6) is 0 Å². The van der Waals surface area contributed by atoms with E-state index in [4.69, 9.17) is 9.47 Å². The maximum atomic E-state index is 12.0. The Bertz CT molecular complexity index is 779. The van der Waals surface area contributed by atoms with Gasteiger partial charge in [-0.3, -0.25) is 4.79 Å². The average molecular weight is 372 g/mol. The normalized spacial score (nSPS) is 19.2. The number of nitrogens with one attached hydrogen (secondary N) is 1. The van der Waals surface area contributed by atoms with Crippen molar-refractivity contribution >= 4 is 16.9 Å². The molecule has 1 aromatic heterocycles. The number of fused-ring (bicyclic) bond motifs is 3. The zero-order valence-corrected chi connectivity index (χ0v) is 17.0. The molecule has 0 fully saturated rings. The average Bonchev–Trinajstić information content (AvgIpc) is 3.08.